The molecule has 1 saturated heterocycles. The molecule has 1 aliphatic rings. The van der Waals surface area contributed by atoms with Crippen molar-refractivity contribution in [3.05, 3.63) is 121 Å². The van der Waals surface area contributed by atoms with E-state index < -0.39 is 11.7 Å². The quantitative estimate of drug-likeness (QED) is 0.203. The molecule has 0 atom stereocenters. The van der Waals surface area contributed by atoms with E-state index in [1.165, 1.54) is 15.5 Å². The van der Waals surface area contributed by atoms with Gasteiger partial charge in [0.2, 0.25) is 0 Å². The summed E-state index contributed by atoms with van der Waals surface area (Å²) in [5.41, 5.74) is 0. The molecule has 0 aliphatic carbocycles. The molecule has 1 fully saturated rings. The maximum absolute atomic E-state index is 6.43. The Bertz CT molecular complexity index is 1360. The first kappa shape index (κ1) is 41.5. The molecule has 1 aliphatic heterocycles. The van der Waals surface area contributed by atoms with Crippen LogP contribution in [0.2, 0.25) is 15.7 Å². The third-order valence-electron chi connectivity index (χ3n) is 13.4. The van der Waals surface area contributed by atoms with Gasteiger partial charge in [-0.05, 0) is 0 Å². The predicted octanol–water partition coefficient (Wildman–Crippen LogP) is 6.55. The van der Waals surface area contributed by atoms with Gasteiger partial charge in [-0.3, -0.25) is 0 Å². The minimum atomic E-state index is -6.43. The van der Waals surface area contributed by atoms with E-state index >= 15 is 0 Å². The van der Waals surface area contributed by atoms with Crippen LogP contribution in [0.25, 0.3) is 0 Å². The molecule has 260 valence electrons. The van der Waals surface area contributed by atoms with Gasteiger partial charge in [0, 0.05) is 0 Å². The first-order valence-electron chi connectivity index (χ1n) is 17.1. The third kappa shape index (κ3) is 5.67. The summed E-state index contributed by atoms with van der Waals surface area (Å²) < 4.78 is 8.60. The van der Waals surface area contributed by atoms with E-state index in [4.69, 9.17) is 0 Å². The molecule has 4 nitrogen and oxygen atoms in total. The average molecular weight is 738 g/mol. The van der Waals surface area contributed by atoms with Crippen molar-refractivity contribution in [3.63, 3.8) is 0 Å². The molecule has 0 radical (unpaired) electrons. The minimum absolute atomic E-state index is 0. The predicted molar refractivity (Wildman–Crippen MR) is 212 cm³/mol. The van der Waals surface area contributed by atoms with Gasteiger partial charge in [0.25, 0.3) is 0 Å². The topological polar surface area (TPSA) is 39.3 Å². The molecule has 3 N–H and O–H groups in total. The van der Waals surface area contributed by atoms with Gasteiger partial charge >= 0.3 is 262 Å². The van der Waals surface area contributed by atoms with Crippen LogP contribution in [0.5, 0.6) is 0 Å². The van der Waals surface area contributed by atoms with Gasteiger partial charge < -0.3 is 0 Å². The number of hydrogen-bond acceptors (Lipinski definition) is 4. The molecule has 47 heavy (non-hydrogen) atoms. The molecule has 0 unspecified atom stereocenters. The Morgan fingerprint density at radius 2 is 0.617 bits per heavy atom. The zero-order valence-electron chi connectivity index (χ0n) is 28.7. The fourth-order valence-electron chi connectivity index (χ4n) is 9.85. The van der Waals surface area contributed by atoms with Crippen LogP contribution >= 0.6 is 37.2 Å². The van der Waals surface area contributed by atoms with Crippen LogP contribution in [0.3, 0.4) is 0 Å². The third-order valence-corrected chi connectivity index (χ3v) is 38.9. The van der Waals surface area contributed by atoms with Crippen molar-refractivity contribution >= 4 is 52.7 Å². The monoisotopic (exact) mass is 736 g/mol. The first-order chi connectivity index (χ1) is 21.2. The van der Waals surface area contributed by atoms with E-state index in [1.54, 1.807) is 0 Å². The number of nitrogens with zero attached hydrogens (tertiary/aromatic N) is 1. The van der Waals surface area contributed by atoms with Crippen molar-refractivity contribution in [1.29, 1.82) is 0 Å². The van der Waals surface area contributed by atoms with Crippen molar-refractivity contribution < 1.29 is 11.7 Å². The van der Waals surface area contributed by atoms with Gasteiger partial charge in [-0.25, -0.2) is 0 Å². The molecule has 0 bridgehead atoms. The van der Waals surface area contributed by atoms with Gasteiger partial charge in [-0.2, -0.15) is 0 Å². The molecule has 4 aromatic carbocycles. The Hall–Kier alpha value is -1.70. The molecule has 0 saturated carbocycles. The molecule has 0 aromatic heterocycles. The normalized spacial score (nSPS) is 19.4. The summed E-state index contributed by atoms with van der Waals surface area (Å²) in [7, 11) is 0. The van der Waals surface area contributed by atoms with Crippen molar-refractivity contribution in [2.45, 2.75) is 41.4 Å². The van der Waals surface area contributed by atoms with Gasteiger partial charge in [0.05, 0.1) is 0 Å². The SMILES string of the molecule is Cl.Cl.Cl.[CH3][Ti]([CH3])([CH3])([c]1ccccc1)([c]1ccccc1)([c]1ccccc1)([c]1ccccc1)[N]1CCCNCCCNCCCNCCC1. The number of benzene rings is 4. The molecule has 1 heterocycles. The Morgan fingerprint density at radius 3 is 0.872 bits per heavy atom. The number of rotatable bonds is 5. The fourth-order valence-corrected chi connectivity index (χ4v) is 30.7. The van der Waals surface area contributed by atoms with E-state index in [-0.39, 0.29) is 37.2 Å². The summed E-state index contributed by atoms with van der Waals surface area (Å²) in [5, 5.41) is 19.4. The molecular weight excluding hydrogens is 679 g/mol. The van der Waals surface area contributed by atoms with Crippen LogP contribution in [-0.2, 0) is 11.7 Å². The number of halogens is 3. The summed E-state index contributed by atoms with van der Waals surface area (Å²) in [5.74, 6) is 0. The molecule has 0 amide bonds. The van der Waals surface area contributed by atoms with Crippen LogP contribution in [0, 0.1) is 0 Å². The zero-order valence-corrected chi connectivity index (χ0v) is 32.7. The Morgan fingerprint density at radius 1 is 0.383 bits per heavy atom. The zero-order chi connectivity index (χ0) is 31.0. The van der Waals surface area contributed by atoms with Crippen LogP contribution in [0.15, 0.2) is 121 Å². The molecular formula is C39H59Cl3N4Ti. The summed E-state index contributed by atoms with van der Waals surface area (Å²) >= 11 is -6.43. The van der Waals surface area contributed by atoms with E-state index in [0.29, 0.717) is 0 Å². The standard InChI is InChI=1S/C12H27N4.4C6H5.3CH3.3ClH.Ti/c1-5-13-7-2-9-15-11-4-12-16-10-3-8-14-6-1;4*1-2-4-6-5-3-1;;;;;;;/h13-15H,1-12H2;4*1-5H;3*1H3;3*1H;/q-1;;;;;;;;;;;+1. The van der Waals surface area contributed by atoms with E-state index in [9.17, 15) is 0 Å². The second-order valence-corrected chi connectivity index (χ2v) is 41.0. The molecule has 4 aromatic rings. The summed E-state index contributed by atoms with van der Waals surface area (Å²) in [6.07, 6.45) is 4.43. The second kappa shape index (κ2) is 14.3. The Kier molecular flexibility index (Phi) is 12.6. The van der Waals surface area contributed by atoms with E-state index in [2.05, 4.69) is 156 Å². The van der Waals surface area contributed by atoms with Gasteiger partial charge in [0.15, 0.2) is 0 Å². The average Bonchev–Trinajstić information content (AvgIpc) is 3.07. The molecule has 0 spiro atoms. The number of hydrogen-bond donors (Lipinski definition) is 3. The van der Waals surface area contributed by atoms with E-state index in [1.807, 2.05) is 0 Å². The second-order valence-electron chi connectivity index (χ2n) is 16.5. The fraction of sp³-hybridized carbons (Fsp3) is 0.385. The Balaban J connectivity index is 0.00000256. The van der Waals surface area contributed by atoms with Crippen LogP contribution in [-0.4, -0.2) is 55.7 Å². The molecule has 8 heteroatoms. The van der Waals surface area contributed by atoms with Crippen LogP contribution < -0.4 is 31.4 Å². The van der Waals surface area contributed by atoms with Crippen molar-refractivity contribution in [1.82, 2.24) is 19.3 Å². The van der Waals surface area contributed by atoms with E-state index in [0.717, 1.165) is 78.0 Å². The number of nitrogens with one attached hydrogen (secondary N) is 3. The van der Waals surface area contributed by atoms with Gasteiger partial charge in [-0.1, -0.05) is 0 Å². The first-order valence-corrected chi connectivity index (χ1v) is 25.6. The molecule has 5 rings (SSSR count). The van der Waals surface area contributed by atoms with Crippen molar-refractivity contribution in [2.75, 3.05) is 52.4 Å². The van der Waals surface area contributed by atoms with Crippen LogP contribution in [0.4, 0.5) is 0 Å². The van der Waals surface area contributed by atoms with Crippen LogP contribution in [0.1, 0.15) is 25.7 Å². The Labute approximate surface area is 296 Å². The van der Waals surface area contributed by atoms with Crippen molar-refractivity contribution in [2.24, 2.45) is 0 Å². The van der Waals surface area contributed by atoms with Crippen molar-refractivity contribution in [3.8, 4) is 0 Å². The summed E-state index contributed by atoms with van der Waals surface area (Å²) in [6.45, 7) is 8.15. The summed E-state index contributed by atoms with van der Waals surface area (Å²) in [6, 6.07) is 46.3. The summed E-state index contributed by atoms with van der Waals surface area (Å²) in [4.78, 5) is 0. The maximum atomic E-state index is 3.79. The van der Waals surface area contributed by atoms with Gasteiger partial charge in [0.1, 0.15) is 0 Å². The van der Waals surface area contributed by atoms with Gasteiger partial charge in [-0.15, -0.1) is 37.2 Å².